The minimum atomic E-state index is -1.12. The fourth-order valence-electron chi connectivity index (χ4n) is 5.25. The third kappa shape index (κ3) is 6.05. The minimum absolute atomic E-state index is 0.234. The number of rotatable bonds is 7. The first-order chi connectivity index (χ1) is 18.8. The van der Waals surface area contributed by atoms with Crippen LogP contribution in [0.4, 0.5) is 10.1 Å². The zero-order chi connectivity index (χ0) is 28.8. The standard InChI is InChI=1S/C31H37FN4O3S/c1-19-18-36-24(16-23(34-36)28-33-17-22(40-28)15-20-7-9-21(32)10-8-20)26(35-13-11-31(5,6)12-14-35)25(19)27(29(37)38)39-30(2,3)4/h7-10,16-18,27H,11-15H2,1-6H3,(H,37,38)/t27-/m0/s1. The van der Waals surface area contributed by atoms with Gasteiger partial charge in [-0.05, 0) is 75.3 Å². The average Bonchev–Trinajstić information content (AvgIpc) is 3.50. The van der Waals surface area contributed by atoms with Crippen molar-refractivity contribution in [2.45, 2.75) is 72.5 Å². The smallest absolute Gasteiger partial charge is 0.337 e. The van der Waals surface area contributed by atoms with Gasteiger partial charge in [-0.3, -0.25) is 0 Å². The van der Waals surface area contributed by atoms with E-state index in [1.54, 1.807) is 23.5 Å². The maximum Gasteiger partial charge on any atom is 0.337 e. The van der Waals surface area contributed by atoms with Crippen molar-refractivity contribution in [2.75, 3.05) is 18.0 Å². The van der Waals surface area contributed by atoms with Crippen LogP contribution in [-0.4, -0.2) is 44.4 Å². The Hall–Kier alpha value is -3.30. The van der Waals surface area contributed by atoms with E-state index in [1.807, 2.05) is 50.7 Å². The van der Waals surface area contributed by atoms with Crippen molar-refractivity contribution in [3.05, 3.63) is 70.1 Å². The molecule has 3 aromatic heterocycles. The van der Waals surface area contributed by atoms with Crippen LogP contribution in [0.3, 0.4) is 0 Å². The number of carboxylic acids is 1. The van der Waals surface area contributed by atoms with Crippen LogP contribution in [0.1, 0.15) is 75.1 Å². The molecule has 0 saturated carbocycles. The van der Waals surface area contributed by atoms with Crippen LogP contribution in [0.5, 0.6) is 0 Å². The Kier molecular flexibility index (Phi) is 7.48. The Morgan fingerprint density at radius 2 is 1.88 bits per heavy atom. The SMILES string of the molecule is Cc1cn2nc(-c3ncc(Cc4ccc(F)cc4)s3)cc2c(N2CCC(C)(C)CC2)c1[C@H](OC(C)(C)C)C(=O)O. The van der Waals surface area contributed by atoms with Crippen LogP contribution in [0.25, 0.3) is 16.2 Å². The molecule has 0 amide bonds. The number of hydrogen-bond donors (Lipinski definition) is 1. The van der Waals surface area contributed by atoms with E-state index in [-0.39, 0.29) is 11.2 Å². The summed E-state index contributed by atoms with van der Waals surface area (Å²) in [5.74, 6) is -1.26. The highest BCUT2D eigenvalue weighted by Gasteiger charge is 2.35. The van der Waals surface area contributed by atoms with Crippen molar-refractivity contribution < 1.29 is 19.0 Å². The highest BCUT2D eigenvalue weighted by atomic mass is 32.1. The molecule has 0 unspecified atom stereocenters. The Morgan fingerprint density at radius 3 is 2.50 bits per heavy atom. The van der Waals surface area contributed by atoms with Gasteiger partial charge in [-0.1, -0.05) is 26.0 Å². The molecule has 1 fully saturated rings. The molecule has 1 aromatic carbocycles. The molecule has 0 aliphatic carbocycles. The number of hydrogen-bond acceptors (Lipinski definition) is 6. The van der Waals surface area contributed by atoms with Crippen LogP contribution >= 0.6 is 11.3 Å². The van der Waals surface area contributed by atoms with Gasteiger partial charge in [-0.25, -0.2) is 18.7 Å². The van der Waals surface area contributed by atoms with E-state index in [9.17, 15) is 14.3 Å². The van der Waals surface area contributed by atoms with Gasteiger partial charge in [-0.2, -0.15) is 5.10 Å². The lowest BCUT2D eigenvalue weighted by atomic mass is 9.82. The van der Waals surface area contributed by atoms with Gasteiger partial charge in [0.25, 0.3) is 0 Å². The summed E-state index contributed by atoms with van der Waals surface area (Å²) >= 11 is 1.56. The molecule has 1 aliphatic rings. The van der Waals surface area contributed by atoms with Gasteiger partial charge in [-0.15, -0.1) is 11.3 Å². The van der Waals surface area contributed by atoms with Crippen molar-refractivity contribution in [1.29, 1.82) is 0 Å². The van der Waals surface area contributed by atoms with E-state index in [1.165, 1.54) is 12.1 Å². The molecule has 4 aromatic rings. The monoisotopic (exact) mass is 564 g/mol. The van der Waals surface area contributed by atoms with Gasteiger partial charge in [0.2, 0.25) is 0 Å². The van der Waals surface area contributed by atoms with Gasteiger partial charge in [0.1, 0.15) is 16.5 Å². The number of pyridine rings is 1. The van der Waals surface area contributed by atoms with E-state index in [0.29, 0.717) is 12.0 Å². The number of aliphatic carboxylic acids is 1. The van der Waals surface area contributed by atoms with E-state index in [2.05, 4.69) is 23.7 Å². The van der Waals surface area contributed by atoms with Gasteiger partial charge in [0.05, 0.1) is 16.8 Å². The van der Waals surface area contributed by atoms with Gasteiger partial charge in [0, 0.05) is 42.3 Å². The third-order valence-electron chi connectivity index (χ3n) is 7.43. The number of aryl methyl sites for hydroxylation is 1. The van der Waals surface area contributed by atoms with Crippen molar-refractivity contribution in [2.24, 2.45) is 5.41 Å². The normalized spacial score (nSPS) is 16.4. The zero-order valence-corrected chi connectivity index (χ0v) is 24.8. The Labute approximate surface area is 238 Å². The second-order valence-electron chi connectivity index (χ2n) is 12.5. The van der Waals surface area contributed by atoms with Gasteiger partial charge in [0.15, 0.2) is 6.10 Å². The summed E-state index contributed by atoms with van der Waals surface area (Å²) in [5, 5.41) is 16.0. The third-order valence-corrected chi connectivity index (χ3v) is 8.45. The number of thiazole rings is 1. The lowest BCUT2D eigenvalue weighted by Gasteiger charge is -2.40. The molecule has 212 valence electrons. The number of aromatic nitrogens is 3. The number of fused-ring (bicyclic) bond motifs is 1. The molecule has 40 heavy (non-hydrogen) atoms. The number of benzene rings is 1. The van der Waals surface area contributed by atoms with Gasteiger partial charge < -0.3 is 14.7 Å². The van der Waals surface area contributed by atoms with E-state index in [0.717, 1.165) is 63.8 Å². The van der Waals surface area contributed by atoms with Crippen LogP contribution in [-0.2, 0) is 16.0 Å². The molecule has 1 N–H and O–H groups in total. The molecular weight excluding hydrogens is 527 g/mol. The summed E-state index contributed by atoms with van der Waals surface area (Å²) in [4.78, 5) is 20.6. The molecule has 1 saturated heterocycles. The highest BCUT2D eigenvalue weighted by molar-refractivity contribution is 7.15. The first-order valence-electron chi connectivity index (χ1n) is 13.7. The Morgan fingerprint density at radius 1 is 1.20 bits per heavy atom. The summed E-state index contributed by atoms with van der Waals surface area (Å²) in [6.07, 6.45) is 5.29. The molecule has 0 bridgehead atoms. The fourth-order valence-corrected chi connectivity index (χ4v) is 6.15. The molecular formula is C31H37FN4O3S. The summed E-state index contributed by atoms with van der Waals surface area (Å²) in [7, 11) is 0. The Balaban J connectivity index is 1.59. The average molecular weight is 565 g/mol. The van der Waals surface area contributed by atoms with Crippen molar-refractivity contribution in [3.8, 4) is 10.7 Å². The highest BCUT2D eigenvalue weighted by Crippen LogP contribution is 2.42. The number of carboxylic acid groups (broad SMARTS) is 1. The zero-order valence-electron chi connectivity index (χ0n) is 24.0. The molecule has 1 aliphatic heterocycles. The van der Waals surface area contributed by atoms with Gasteiger partial charge >= 0.3 is 5.97 Å². The second-order valence-corrected chi connectivity index (χ2v) is 13.6. The predicted molar refractivity (Wildman–Crippen MR) is 157 cm³/mol. The number of nitrogens with zero attached hydrogens (tertiary/aromatic N) is 4. The maximum atomic E-state index is 13.3. The molecule has 0 spiro atoms. The first kappa shape index (κ1) is 28.2. The van der Waals surface area contributed by atoms with Crippen molar-refractivity contribution in [3.63, 3.8) is 0 Å². The van der Waals surface area contributed by atoms with Crippen LogP contribution in [0.15, 0.2) is 42.7 Å². The summed E-state index contributed by atoms with van der Waals surface area (Å²) < 4.78 is 21.3. The Bertz CT molecular complexity index is 1520. The predicted octanol–water partition coefficient (Wildman–Crippen LogP) is 7.06. The summed E-state index contributed by atoms with van der Waals surface area (Å²) in [5.41, 5.74) is 4.54. The second kappa shape index (κ2) is 10.6. The number of carbonyl (C=O) groups is 1. The lowest BCUT2D eigenvalue weighted by Crippen LogP contribution is -2.39. The molecule has 5 rings (SSSR count). The molecule has 9 heteroatoms. The lowest BCUT2D eigenvalue weighted by molar-refractivity contribution is -0.160. The summed E-state index contributed by atoms with van der Waals surface area (Å²) in [6, 6.07) is 8.52. The fraction of sp³-hybridized carbons (Fsp3) is 0.452. The number of ether oxygens (including phenoxy) is 1. The summed E-state index contributed by atoms with van der Waals surface area (Å²) in [6.45, 7) is 13.8. The van der Waals surface area contributed by atoms with Crippen LogP contribution in [0, 0.1) is 18.2 Å². The molecule has 1 atom stereocenters. The number of piperidine rings is 1. The largest absolute Gasteiger partial charge is 0.479 e. The van der Waals surface area contributed by atoms with E-state index < -0.39 is 17.7 Å². The molecule has 7 nitrogen and oxygen atoms in total. The maximum absolute atomic E-state index is 13.3. The number of anilines is 1. The quantitative estimate of drug-likeness (QED) is 0.259. The van der Waals surface area contributed by atoms with Crippen molar-refractivity contribution in [1.82, 2.24) is 14.6 Å². The van der Waals surface area contributed by atoms with E-state index >= 15 is 0 Å². The molecule has 0 radical (unpaired) electrons. The topological polar surface area (TPSA) is 80.0 Å². The minimum Gasteiger partial charge on any atom is -0.479 e. The molecule has 4 heterocycles. The van der Waals surface area contributed by atoms with E-state index in [4.69, 9.17) is 9.84 Å². The van der Waals surface area contributed by atoms with Crippen molar-refractivity contribution >= 4 is 28.5 Å². The van der Waals surface area contributed by atoms with Crippen LogP contribution < -0.4 is 4.90 Å². The first-order valence-corrected chi connectivity index (χ1v) is 14.5. The van der Waals surface area contributed by atoms with Crippen LogP contribution in [0.2, 0.25) is 0 Å². The number of halogens is 1.